The minimum atomic E-state index is -0.0978. The number of hydrogen-bond donors (Lipinski definition) is 2. The van der Waals surface area contributed by atoms with Crippen LogP contribution in [0.25, 0.3) is 0 Å². The van der Waals surface area contributed by atoms with Gasteiger partial charge in [0, 0.05) is 18.2 Å². The zero-order valence-electron chi connectivity index (χ0n) is 13.2. The molecular weight excluding hydrogens is 312 g/mol. The van der Waals surface area contributed by atoms with Crippen LogP contribution in [0.3, 0.4) is 0 Å². The average Bonchev–Trinajstić information content (AvgIpc) is 2.56. The fourth-order valence-electron chi connectivity index (χ4n) is 2.07. The third-order valence-corrected chi connectivity index (χ3v) is 3.31. The molecule has 0 aliphatic rings. The molecule has 0 heterocycles. The maximum atomic E-state index is 12.1. The molecule has 0 bridgehead atoms. The van der Waals surface area contributed by atoms with Gasteiger partial charge in [-0.1, -0.05) is 42.5 Å². The quantitative estimate of drug-likeness (QED) is 0.818. The number of nitrogens with one attached hydrogen (secondary N) is 1. The Morgan fingerprint density at radius 2 is 1.74 bits per heavy atom. The highest BCUT2D eigenvalue weighted by Crippen LogP contribution is 2.05. The first-order chi connectivity index (χ1) is 10.7. The summed E-state index contributed by atoms with van der Waals surface area (Å²) in [7, 11) is 0. The van der Waals surface area contributed by atoms with E-state index < -0.39 is 0 Å². The fraction of sp³-hybridized carbons (Fsp3) is 0.278. The molecule has 23 heavy (non-hydrogen) atoms. The van der Waals surface area contributed by atoms with E-state index in [-0.39, 0.29) is 24.4 Å². The predicted octanol–water partition coefficient (Wildman–Crippen LogP) is 2.90. The van der Waals surface area contributed by atoms with E-state index >= 15 is 0 Å². The summed E-state index contributed by atoms with van der Waals surface area (Å²) in [5.41, 5.74) is 8.31. The summed E-state index contributed by atoms with van der Waals surface area (Å²) in [4.78, 5) is 12.1. The third-order valence-electron chi connectivity index (χ3n) is 3.31. The molecule has 1 amide bonds. The molecule has 0 aliphatic carbocycles. The molecule has 3 N–H and O–H groups in total. The largest absolute Gasteiger partial charge is 0.375 e. The maximum Gasteiger partial charge on any atom is 0.251 e. The second kappa shape index (κ2) is 10.0. The summed E-state index contributed by atoms with van der Waals surface area (Å²) in [6.07, 6.45) is 0. The smallest absolute Gasteiger partial charge is 0.251 e. The number of rotatable bonds is 7. The molecular formula is C18H23ClN2O2. The standard InChI is InChI=1S/C18H22N2O2.ClH/c1-14(12-22-13-16-5-3-2-4-6-16)20-18(21)17-9-7-15(11-19)8-10-17;/h2-10,14H,11-13,19H2,1H3,(H,20,21);1H. The van der Waals surface area contributed by atoms with Gasteiger partial charge in [0.25, 0.3) is 5.91 Å². The van der Waals surface area contributed by atoms with Crippen molar-refractivity contribution in [2.45, 2.75) is 26.1 Å². The van der Waals surface area contributed by atoms with Crippen LogP contribution in [0.1, 0.15) is 28.4 Å². The Bertz CT molecular complexity index is 588. The molecule has 1 unspecified atom stereocenters. The molecule has 0 fully saturated rings. The van der Waals surface area contributed by atoms with Gasteiger partial charge in [0.1, 0.15) is 0 Å². The Kier molecular flexibility index (Phi) is 8.33. The lowest BCUT2D eigenvalue weighted by molar-refractivity contribution is 0.0820. The highest BCUT2D eigenvalue weighted by atomic mass is 35.5. The fourth-order valence-corrected chi connectivity index (χ4v) is 2.07. The first kappa shape index (κ1) is 19.2. The van der Waals surface area contributed by atoms with Crippen molar-refractivity contribution < 1.29 is 9.53 Å². The number of amides is 1. The topological polar surface area (TPSA) is 64.3 Å². The van der Waals surface area contributed by atoms with E-state index in [1.54, 1.807) is 12.1 Å². The van der Waals surface area contributed by atoms with Crippen LogP contribution in [0.4, 0.5) is 0 Å². The number of benzene rings is 2. The predicted molar refractivity (Wildman–Crippen MR) is 94.6 cm³/mol. The van der Waals surface area contributed by atoms with Gasteiger partial charge >= 0.3 is 0 Å². The SMILES string of the molecule is CC(COCc1ccccc1)NC(=O)c1ccc(CN)cc1.Cl. The maximum absolute atomic E-state index is 12.1. The van der Waals surface area contributed by atoms with Gasteiger partial charge in [0.15, 0.2) is 0 Å². The zero-order chi connectivity index (χ0) is 15.8. The number of ether oxygens (including phenoxy) is 1. The number of carbonyl (C=O) groups is 1. The summed E-state index contributed by atoms with van der Waals surface area (Å²) in [6, 6.07) is 17.2. The minimum Gasteiger partial charge on any atom is -0.375 e. The summed E-state index contributed by atoms with van der Waals surface area (Å²) < 4.78 is 5.62. The molecule has 2 rings (SSSR count). The van der Waals surface area contributed by atoms with E-state index in [1.807, 2.05) is 49.4 Å². The van der Waals surface area contributed by atoms with E-state index in [0.717, 1.165) is 11.1 Å². The van der Waals surface area contributed by atoms with E-state index in [0.29, 0.717) is 25.3 Å². The molecule has 1 atom stereocenters. The van der Waals surface area contributed by atoms with Gasteiger partial charge in [0.2, 0.25) is 0 Å². The second-order valence-electron chi connectivity index (χ2n) is 5.28. The molecule has 0 saturated heterocycles. The Balaban J connectivity index is 0.00000264. The van der Waals surface area contributed by atoms with Crippen LogP contribution >= 0.6 is 12.4 Å². The van der Waals surface area contributed by atoms with Gasteiger partial charge in [-0.15, -0.1) is 12.4 Å². The monoisotopic (exact) mass is 334 g/mol. The van der Waals surface area contributed by atoms with Crippen LogP contribution in [0.2, 0.25) is 0 Å². The van der Waals surface area contributed by atoms with Crippen molar-refractivity contribution in [2.75, 3.05) is 6.61 Å². The van der Waals surface area contributed by atoms with E-state index in [9.17, 15) is 4.79 Å². The molecule has 0 aliphatic heterocycles. The molecule has 2 aromatic rings. The summed E-state index contributed by atoms with van der Waals surface area (Å²) >= 11 is 0. The number of hydrogen-bond acceptors (Lipinski definition) is 3. The van der Waals surface area contributed by atoms with Crippen molar-refractivity contribution in [3.05, 3.63) is 71.3 Å². The van der Waals surface area contributed by atoms with Crippen LogP contribution in [-0.2, 0) is 17.9 Å². The van der Waals surface area contributed by atoms with Gasteiger partial charge < -0.3 is 15.8 Å². The number of halogens is 1. The zero-order valence-corrected chi connectivity index (χ0v) is 14.0. The molecule has 0 saturated carbocycles. The lowest BCUT2D eigenvalue weighted by atomic mass is 10.1. The third kappa shape index (κ3) is 6.40. The second-order valence-corrected chi connectivity index (χ2v) is 5.28. The van der Waals surface area contributed by atoms with Crippen molar-refractivity contribution >= 4 is 18.3 Å². The van der Waals surface area contributed by atoms with Crippen molar-refractivity contribution in [1.82, 2.24) is 5.32 Å². The lowest BCUT2D eigenvalue weighted by Crippen LogP contribution is -2.35. The molecule has 2 aromatic carbocycles. The van der Waals surface area contributed by atoms with Crippen LogP contribution in [-0.4, -0.2) is 18.6 Å². The van der Waals surface area contributed by atoms with Gasteiger partial charge in [0.05, 0.1) is 13.2 Å². The molecule has 5 heteroatoms. The first-order valence-corrected chi connectivity index (χ1v) is 7.40. The summed E-state index contributed by atoms with van der Waals surface area (Å²) in [6.45, 7) is 3.43. The minimum absolute atomic E-state index is 0. The van der Waals surface area contributed by atoms with Gasteiger partial charge in [-0.3, -0.25) is 4.79 Å². The van der Waals surface area contributed by atoms with Gasteiger partial charge in [-0.25, -0.2) is 0 Å². The van der Waals surface area contributed by atoms with Crippen LogP contribution < -0.4 is 11.1 Å². The Morgan fingerprint density at radius 1 is 1.09 bits per heavy atom. The lowest BCUT2D eigenvalue weighted by Gasteiger charge is -2.14. The Hall–Kier alpha value is -1.88. The van der Waals surface area contributed by atoms with Gasteiger partial charge in [-0.05, 0) is 30.2 Å². The number of nitrogens with two attached hydrogens (primary N) is 1. The normalized spacial score (nSPS) is 11.4. The average molecular weight is 335 g/mol. The van der Waals surface area contributed by atoms with Crippen molar-refractivity contribution in [3.8, 4) is 0 Å². The first-order valence-electron chi connectivity index (χ1n) is 7.40. The Labute approximate surface area is 143 Å². The molecule has 0 aromatic heterocycles. The summed E-state index contributed by atoms with van der Waals surface area (Å²) in [5, 5.41) is 2.92. The van der Waals surface area contributed by atoms with Crippen molar-refractivity contribution in [1.29, 1.82) is 0 Å². The van der Waals surface area contributed by atoms with Gasteiger partial charge in [-0.2, -0.15) is 0 Å². The van der Waals surface area contributed by atoms with E-state index in [1.165, 1.54) is 0 Å². The van der Waals surface area contributed by atoms with E-state index in [2.05, 4.69) is 5.32 Å². The van der Waals surface area contributed by atoms with Crippen LogP contribution in [0.5, 0.6) is 0 Å². The molecule has 4 nitrogen and oxygen atoms in total. The highest BCUT2D eigenvalue weighted by molar-refractivity contribution is 5.94. The van der Waals surface area contributed by atoms with Crippen molar-refractivity contribution in [3.63, 3.8) is 0 Å². The van der Waals surface area contributed by atoms with E-state index in [4.69, 9.17) is 10.5 Å². The molecule has 124 valence electrons. The highest BCUT2D eigenvalue weighted by Gasteiger charge is 2.09. The van der Waals surface area contributed by atoms with Crippen molar-refractivity contribution in [2.24, 2.45) is 5.73 Å². The number of carbonyl (C=O) groups excluding carboxylic acids is 1. The van der Waals surface area contributed by atoms with Crippen LogP contribution in [0, 0.1) is 0 Å². The summed E-state index contributed by atoms with van der Waals surface area (Å²) in [5.74, 6) is -0.0978. The molecule has 0 radical (unpaired) electrons. The Morgan fingerprint density at radius 3 is 2.35 bits per heavy atom. The van der Waals surface area contributed by atoms with Crippen LogP contribution in [0.15, 0.2) is 54.6 Å². The molecule has 0 spiro atoms.